The third-order valence-corrected chi connectivity index (χ3v) is 5.98. The third kappa shape index (κ3) is 1.98. The van der Waals surface area contributed by atoms with Crippen LogP contribution in [0.4, 0.5) is 5.69 Å². The van der Waals surface area contributed by atoms with Gasteiger partial charge in [-0.1, -0.05) is 24.3 Å². The van der Waals surface area contributed by atoms with E-state index in [9.17, 15) is 9.59 Å². The van der Waals surface area contributed by atoms with E-state index in [0.717, 1.165) is 28.6 Å². The summed E-state index contributed by atoms with van der Waals surface area (Å²) in [5, 5.41) is 4.33. The largest absolute Gasteiger partial charge is 0.365 e. The summed E-state index contributed by atoms with van der Waals surface area (Å²) in [6.45, 7) is 2.25. The standard InChI is InChI=1S/C20H19N3O2/c1-11-7-8-21-18-14(11)3-2-4-15(18)22-10-23-19(24)16-12-5-6-13(9-12)17(16)20(23)25/h2-8,12-13,16-17,22H,9-10H2,1H3/t12-,13-,16-,17-/m0/s1. The molecule has 5 rings (SSSR count). The van der Waals surface area contributed by atoms with E-state index in [1.54, 1.807) is 6.20 Å². The van der Waals surface area contributed by atoms with E-state index in [2.05, 4.69) is 22.5 Å². The average molecular weight is 333 g/mol. The maximum Gasteiger partial charge on any atom is 0.235 e. The number of imide groups is 1. The van der Waals surface area contributed by atoms with Crippen LogP contribution in [0, 0.1) is 30.6 Å². The van der Waals surface area contributed by atoms with Crippen LogP contribution in [0.2, 0.25) is 0 Å². The lowest BCUT2D eigenvalue weighted by molar-refractivity contribution is -0.140. The second-order valence-corrected chi connectivity index (χ2v) is 7.27. The number of likely N-dealkylation sites (tertiary alicyclic amines) is 1. The van der Waals surface area contributed by atoms with Crippen LogP contribution in [0.1, 0.15) is 12.0 Å². The van der Waals surface area contributed by atoms with Crippen molar-refractivity contribution in [3.63, 3.8) is 0 Å². The van der Waals surface area contributed by atoms with Crippen LogP contribution < -0.4 is 5.32 Å². The van der Waals surface area contributed by atoms with Gasteiger partial charge in [-0.3, -0.25) is 19.5 Å². The molecule has 1 aromatic carbocycles. The highest BCUT2D eigenvalue weighted by Gasteiger charge is 2.59. The SMILES string of the molecule is Cc1ccnc2c(NCN3C(=O)[C@@H]4[C@@H](C3=O)[C@H]3C=C[C@H]4C3)cccc12. The molecule has 3 aliphatic rings. The van der Waals surface area contributed by atoms with Crippen LogP contribution in [0.3, 0.4) is 0 Å². The minimum absolute atomic E-state index is 0.0243. The van der Waals surface area contributed by atoms with Crippen LogP contribution in [0.5, 0.6) is 0 Å². The Kier molecular flexibility index (Phi) is 3.02. The Morgan fingerprint density at radius 2 is 1.84 bits per heavy atom. The second kappa shape index (κ2) is 5.15. The van der Waals surface area contributed by atoms with Gasteiger partial charge in [0.05, 0.1) is 29.7 Å². The van der Waals surface area contributed by atoms with Crippen molar-refractivity contribution in [2.75, 3.05) is 12.0 Å². The van der Waals surface area contributed by atoms with Crippen molar-refractivity contribution in [1.82, 2.24) is 9.88 Å². The van der Waals surface area contributed by atoms with E-state index in [4.69, 9.17) is 0 Å². The maximum absolute atomic E-state index is 12.7. The molecule has 25 heavy (non-hydrogen) atoms. The molecule has 2 heterocycles. The van der Waals surface area contributed by atoms with Crippen molar-refractivity contribution >= 4 is 28.4 Å². The van der Waals surface area contributed by atoms with Crippen molar-refractivity contribution in [3.05, 3.63) is 48.2 Å². The second-order valence-electron chi connectivity index (χ2n) is 7.27. The molecule has 126 valence electrons. The first kappa shape index (κ1) is 14.6. The van der Waals surface area contributed by atoms with Gasteiger partial charge in [0.15, 0.2) is 0 Å². The molecule has 5 nitrogen and oxygen atoms in total. The number of nitrogens with zero attached hydrogens (tertiary/aromatic N) is 2. The smallest absolute Gasteiger partial charge is 0.235 e. The number of hydrogen-bond donors (Lipinski definition) is 1. The number of anilines is 1. The van der Waals surface area contributed by atoms with Crippen molar-refractivity contribution in [2.24, 2.45) is 23.7 Å². The van der Waals surface area contributed by atoms with Gasteiger partial charge >= 0.3 is 0 Å². The number of aryl methyl sites for hydroxylation is 1. The number of fused-ring (bicyclic) bond motifs is 6. The lowest BCUT2D eigenvalue weighted by Gasteiger charge is -2.19. The topological polar surface area (TPSA) is 62.3 Å². The molecular weight excluding hydrogens is 314 g/mol. The monoisotopic (exact) mass is 333 g/mol. The highest BCUT2D eigenvalue weighted by atomic mass is 16.2. The fraction of sp³-hybridized carbons (Fsp3) is 0.350. The number of allylic oxidation sites excluding steroid dienone is 2. The molecule has 2 fully saturated rings. The van der Waals surface area contributed by atoms with Crippen molar-refractivity contribution in [1.29, 1.82) is 0 Å². The van der Waals surface area contributed by atoms with E-state index in [1.807, 2.05) is 31.2 Å². The Bertz CT molecular complexity index is 906. The summed E-state index contributed by atoms with van der Waals surface area (Å²) in [5.74, 6) is 0.165. The summed E-state index contributed by atoms with van der Waals surface area (Å²) in [6.07, 6.45) is 6.97. The van der Waals surface area contributed by atoms with Crippen LogP contribution in [-0.4, -0.2) is 28.4 Å². The molecule has 1 saturated carbocycles. The molecule has 0 unspecified atom stereocenters. The number of benzene rings is 1. The predicted octanol–water partition coefficient (Wildman–Crippen LogP) is 2.72. The highest BCUT2D eigenvalue weighted by Crippen LogP contribution is 2.52. The highest BCUT2D eigenvalue weighted by molar-refractivity contribution is 6.06. The molecule has 4 atom stereocenters. The Morgan fingerprint density at radius 3 is 2.56 bits per heavy atom. The van der Waals surface area contributed by atoms with Crippen molar-refractivity contribution < 1.29 is 9.59 Å². The summed E-state index contributed by atoms with van der Waals surface area (Å²) in [5.41, 5.74) is 2.86. The number of amides is 2. The normalized spacial score (nSPS) is 29.7. The number of pyridine rings is 1. The number of nitrogens with one attached hydrogen (secondary N) is 1. The summed E-state index contributed by atoms with van der Waals surface area (Å²) in [6, 6.07) is 7.91. The van der Waals surface area contributed by atoms with E-state index in [1.165, 1.54) is 4.90 Å². The number of hydrogen-bond acceptors (Lipinski definition) is 4. The number of aromatic nitrogens is 1. The van der Waals surface area contributed by atoms with Gasteiger partial charge in [0, 0.05) is 11.6 Å². The molecular formula is C20H19N3O2. The van der Waals surface area contributed by atoms with E-state index >= 15 is 0 Å². The quantitative estimate of drug-likeness (QED) is 0.693. The number of carbonyl (C=O) groups is 2. The Labute approximate surface area is 145 Å². The summed E-state index contributed by atoms with van der Waals surface area (Å²) < 4.78 is 0. The molecule has 1 saturated heterocycles. The Morgan fingerprint density at radius 1 is 1.12 bits per heavy atom. The zero-order chi connectivity index (χ0) is 17.1. The molecule has 0 spiro atoms. The van der Waals surface area contributed by atoms with Gasteiger partial charge in [-0.2, -0.15) is 0 Å². The first-order valence-corrected chi connectivity index (χ1v) is 8.77. The lowest BCUT2D eigenvalue weighted by Crippen LogP contribution is -2.37. The fourth-order valence-corrected chi connectivity index (χ4v) is 4.74. The molecule has 5 heteroatoms. The molecule has 1 aliphatic heterocycles. The van der Waals surface area contributed by atoms with Gasteiger partial charge in [0.25, 0.3) is 0 Å². The predicted molar refractivity (Wildman–Crippen MR) is 94.5 cm³/mol. The van der Waals surface area contributed by atoms with Gasteiger partial charge in [-0.25, -0.2) is 0 Å². The Balaban J connectivity index is 1.40. The molecule has 1 aromatic heterocycles. The van der Waals surface area contributed by atoms with Crippen LogP contribution in [0.25, 0.3) is 10.9 Å². The molecule has 1 N–H and O–H groups in total. The van der Waals surface area contributed by atoms with Gasteiger partial charge in [0.2, 0.25) is 11.8 Å². The van der Waals surface area contributed by atoms with Crippen molar-refractivity contribution in [2.45, 2.75) is 13.3 Å². The molecule has 2 amide bonds. The number of para-hydroxylation sites is 1. The molecule has 2 bridgehead atoms. The maximum atomic E-state index is 12.7. The zero-order valence-electron chi connectivity index (χ0n) is 14.0. The van der Waals surface area contributed by atoms with E-state index in [0.29, 0.717) is 0 Å². The minimum atomic E-state index is -0.141. The molecule has 0 radical (unpaired) electrons. The molecule has 2 aromatic rings. The van der Waals surface area contributed by atoms with Crippen LogP contribution in [0.15, 0.2) is 42.6 Å². The first-order valence-electron chi connectivity index (χ1n) is 8.77. The summed E-state index contributed by atoms with van der Waals surface area (Å²) in [4.78, 5) is 31.3. The zero-order valence-corrected chi connectivity index (χ0v) is 14.0. The number of carbonyl (C=O) groups excluding carboxylic acids is 2. The summed E-state index contributed by atoms with van der Waals surface area (Å²) >= 11 is 0. The van der Waals surface area contributed by atoms with Gasteiger partial charge in [-0.15, -0.1) is 0 Å². The summed E-state index contributed by atoms with van der Waals surface area (Å²) in [7, 11) is 0. The van der Waals surface area contributed by atoms with Gasteiger partial charge in [0.1, 0.15) is 0 Å². The van der Waals surface area contributed by atoms with Crippen molar-refractivity contribution in [3.8, 4) is 0 Å². The van der Waals surface area contributed by atoms with Gasteiger partial charge < -0.3 is 5.32 Å². The molecule has 2 aliphatic carbocycles. The van der Waals surface area contributed by atoms with Gasteiger partial charge in [-0.05, 0) is 42.9 Å². The Hall–Kier alpha value is -2.69. The average Bonchev–Trinajstić information content (AvgIpc) is 3.29. The minimum Gasteiger partial charge on any atom is -0.365 e. The van der Waals surface area contributed by atoms with E-state index in [-0.39, 0.29) is 42.2 Å². The first-order chi connectivity index (χ1) is 12.1. The van der Waals surface area contributed by atoms with Crippen LogP contribution in [-0.2, 0) is 9.59 Å². The lowest BCUT2D eigenvalue weighted by atomic mass is 9.85. The fourth-order valence-electron chi connectivity index (χ4n) is 4.74. The van der Waals surface area contributed by atoms with Crippen LogP contribution >= 0.6 is 0 Å². The van der Waals surface area contributed by atoms with E-state index < -0.39 is 0 Å². The number of rotatable bonds is 3. The third-order valence-electron chi connectivity index (χ3n) is 5.98.